The minimum atomic E-state index is -3.96. The van der Waals surface area contributed by atoms with Crippen LogP contribution in [0.2, 0.25) is 10.0 Å². The summed E-state index contributed by atoms with van der Waals surface area (Å²) in [6, 6.07) is 8.02. The van der Waals surface area contributed by atoms with Gasteiger partial charge in [0.1, 0.15) is 17.0 Å². The zero-order valence-electron chi connectivity index (χ0n) is 24.0. The Hall–Kier alpha value is -3.50. The van der Waals surface area contributed by atoms with Crippen LogP contribution in [0, 0.1) is 18.3 Å². The number of hydrogen-bond donors (Lipinski definition) is 2. The van der Waals surface area contributed by atoms with Gasteiger partial charge in [-0.2, -0.15) is 14.0 Å². The number of carbonyl (C=O) groups excluding carboxylic acids is 2. The number of aromatic hydroxyl groups is 1. The van der Waals surface area contributed by atoms with Crippen molar-refractivity contribution in [3.05, 3.63) is 78.7 Å². The largest absolute Gasteiger partial charge is 0.505 e. The first-order chi connectivity index (χ1) is 21.3. The number of phenols is 1. The SMILES string of the molecule is CCN1CCCN(c2cc3c(c(C)c2O)C(CC#N)N(C(=O)c2c(Sc4c(Cl)cccc4Cl)cc(C(F)(F)Cl)[nH]c2=O)C3)C1=O. The molecule has 5 rings (SSSR count). The Balaban J connectivity index is 1.61. The van der Waals surface area contributed by atoms with Gasteiger partial charge in [0, 0.05) is 36.0 Å². The highest BCUT2D eigenvalue weighted by molar-refractivity contribution is 7.99. The molecule has 0 spiro atoms. The summed E-state index contributed by atoms with van der Waals surface area (Å²) in [7, 11) is 0. The molecule has 0 radical (unpaired) electrons. The number of phenolic OH excluding ortho intramolecular Hbond substituents is 1. The molecule has 2 N–H and O–H groups in total. The second-order valence-corrected chi connectivity index (χ2v) is 12.9. The number of alkyl halides is 3. The van der Waals surface area contributed by atoms with E-state index in [9.17, 15) is 33.5 Å². The lowest BCUT2D eigenvalue weighted by molar-refractivity contribution is 0.0684. The molecule has 1 atom stereocenters. The number of aromatic nitrogens is 1. The maximum atomic E-state index is 14.2. The van der Waals surface area contributed by atoms with Crippen LogP contribution in [0.5, 0.6) is 5.75 Å². The summed E-state index contributed by atoms with van der Waals surface area (Å²) in [5.41, 5.74) is -0.825. The molecule has 1 fully saturated rings. The molecule has 3 heterocycles. The number of anilines is 1. The third-order valence-electron chi connectivity index (χ3n) is 7.89. The van der Waals surface area contributed by atoms with Gasteiger partial charge in [-0.15, -0.1) is 0 Å². The Morgan fingerprint density at radius 3 is 2.53 bits per heavy atom. The minimum Gasteiger partial charge on any atom is -0.505 e. The standard InChI is InChI=1S/C30H26Cl3F2N5O4S/c1-3-38-10-5-11-39(29(38)44)20-12-16-14-40(19(8-9-36)23(16)15(2)25(20)41)28(43)24-21(13-22(30(33,34)35)37-27(24)42)45-26-17(31)6-4-7-18(26)32/h4,6-7,12-13,19,41H,3,5,8,10-11,14H2,1-2H3,(H,37,42). The van der Waals surface area contributed by atoms with E-state index >= 15 is 0 Å². The van der Waals surface area contributed by atoms with Gasteiger partial charge in [-0.05, 0) is 72.8 Å². The van der Waals surface area contributed by atoms with E-state index in [2.05, 4.69) is 6.07 Å². The normalized spacial score (nSPS) is 16.6. The van der Waals surface area contributed by atoms with Crippen LogP contribution in [0.4, 0.5) is 19.3 Å². The van der Waals surface area contributed by atoms with Gasteiger partial charge >= 0.3 is 11.4 Å². The monoisotopic (exact) mass is 695 g/mol. The van der Waals surface area contributed by atoms with Gasteiger partial charge in [-0.25, -0.2) is 4.79 Å². The molecule has 3 aromatic rings. The number of halogens is 5. The van der Waals surface area contributed by atoms with Crippen molar-refractivity contribution in [2.45, 2.75) is 54.4 Å². The van der Waals surface area contributed by atoms with Crippen LogP contribution in [0.25, 0.3) is 0 Å². The fourth-order valence-electron chi connectivity index (χ4n) is 5.74. The van der Waals surface area contributed by atoms with Gasteiger partial charge < -0.3 is 19.9 Å². The molecule has 0 bridgehead atoms. The predicted octanol–water partition coefficient (Wildman–Crippen LogP) is 7.40. The van der Waals surface area contributed by atoms with E-state index in [-0.39, 0.29) is 50.3 Å². The molecule has 15 heteroatoms. The summed E-state index contributed by atoms with van der Waals surface area (Å²) in [5, 5.41) is 17.3. The number of H-pyrrole nitrogens is 1. The number of benzene rings is 2. The van der Waals surface area contributed by atoms with Crippen LogP contribution in [0.3, 0.4) is 0 Å². The molecule has 3 amide bonds. The molecule has 1 aromatic heterocycles. The quantitative estimate of drug-likeness (QED) is 0.249. The van der Waals surface area contributed by atoms with Gasteiger partial charge in [0.2, 0.25) is 0 Å². The molecule has 0 saturated carbocycles. The highest BCUT2D eigenvalue weighted by Crippen LogP contribution is 2.47. The molecule has 45 heavy (non-hydrogen) atoms. The molecule has 2 aromatic carbocycles. The van der Waals surface area contributed by atoms with Crippen molar-refractivity contribution in [1.82, 2.24) is 14.8 Å². The van der Waals surface area contributed by atoms with Crippen molar-refractivity contribution in [2.24, 2.45) is 0 Å². The lowest BCUT2D eigenvalue weighted by Crippen LogP contribution is -2.49. The van der Waals surface area contributed by atoms with Crippen molar-refractivity contribution in [3.63, 3.8) is 0 Å². The van der Waals surface area contributed by atoms with E-state index in [4.69, 9.17) is 34.8 Å². The summed E-state index contributed by atoms with van der Waals surface area (Å²) in [6.07, 6.45) is 0.492. The average molecular weight is 697 g/mol. The highest BCUT2D eigenvalue weighted by atomic mass is 35.5. The van der Waals surface area contributed by atoms with E-state index < -0.39 is 34.1 Å². The van der Waals surface area contributed by atoms with Gasteiger partial charge in [0.25, 0.3) is 11.5 Å². The number of carbonyl (C=O) groups is 2. The molecule has 2 aliphatic rings. The number of nitrogens with zero attached hydrogens (tertiary/aromatic N) is 4. The number of amides is 3. The maximum Gasteiger partial charge on any atom is 0.362 e. The van der Waals surface area contributed by atoms with E-state index in [0.29, 0.717) is 42.7 Å². The number of fused-ring (bicyclic) bond motifs is 1. The van der Waals surface area contributed by atoms with Crippen LogP contribution >= 0.6 is 46.6 Å². The topological polar surface area (TPSA) is 121 Å². The van der Waals surface area contributed by atoms with E-state index in [1.54, 1.807) is 24.0 Å². The molecule has 0 aliphatic carbocycles. The third kappa shape index (κ3) is 6.06. The summed E-state index contributed by atoms with van der Waals surface area (Å²) < 4.78 is 28.4. The van der Waals surface area contributed by atoms with Crippen LogP contribution in [-0.4, -0.2) is 51.5 Å². The van der Waals surface area contributed by atoms with E-state index in [1.165, 1.54) is 21.9 Å². The van der Waals surface area contributed by atoms with Crippen molar-refractivity contribution >= 4 is 64.2 Å². The zero-order valence-corrected chi connectivity index (χ0v) is 27.0. The molecular weight excluding hydrogens is 671 g/mol. The molecule has 236 valence electrons. The Morgan fingerprint density at radius 2 is 1.91 bits per heavy atom. The van der Waals surface area contributed by atoms with Gasteiger partial charge in [-0.1, -0.05) is 41.0 Å². The molecule has 1 saturated heterocycles. The van der Waals surface area contributed by atoms with Crippen molar-refractivity contribution in [3.8, 4) is 11.8 Å². The number of nitrogens with one attached hydrogen (secondary N) is 1. The first-order valence-electron chi connectivity index (χ1n) is 13.8. The zero-order chi connectivity index (χ0) is 32.8. The molecular formula is C30H26Cl3F2N5O4S. The van der Waals surface area contributed by atoms with Gasteiger partial charge in [0.15, 0.2) is 0 Å². The first-order valence-corrected chi connectivity index (χ1v) is 15.8. The highest BCUT2D eigenvalue weighted by Gasteiger charge is 2.41. The lowest BCUT2D eigenvalue weighted by atomic mass is 9.95. The van der Waals surface area contributed by atoms with E-state index in [0.717, 1.165) is 17.8 Å². The van der Waals surface area contributed by atoms with E-state index in [1.807, 2.05) is 11.9 Å². The number of hydrogen-bond acceptors (Lipinski definition) is 6. The number of pyridine rings is 1. The van der Waals surface area contributed by atoms with Crippen LogP contribution in [0.1, 0.15) is 58.5 Å². The second-order valence-electron chi connectivity index (χ2n) is 10.5. The summed E-state index contributed by atoms with van der Waals surface area (Å²) in [4.78, 5) is 47.2. The van der Waals surface area contributed by atoms with Crippen molar-refractivity contribution < 1.29 is 23.5 Å². The number of nitriles is 1. The Kier molecular flexibility index (Phi) is 9.29. The number of aromatic amines is 1. The summed E-state index contributed by atoms with van der Waals surface area (Å²) in [5.74, 6) is -1.01. The predicted molar refractivity (Wildman–Crippen MR) is 168 cm³/mol. The third-order valence-corrected chi connectivity index (χ3v) is 10.1. The average Bonchev–Trinajstić information content (AvgIpc) is 3.34. The molecule has 2 aliphatic heterocycles. The number of urea groups is 1. The summed E-state index contributed by atoms with van der Waals surface area (Å²) >= 11 is 18.6. The fraction of sp³-hybridized carbons (Fsp3) is 0.333. The van der Waals surface area contributed by atoms with Crippen molar-refractivity contribution in [1.29, 1.82) is 5.26 Å². The van der Waals surface area contributed by atoms with Crippen LogP contribution < -0.4 is 10.5 Å². The molecule has 1 unspecified atom stereocenters. The van der Waals surface area contributed by atoms with Crippen molar-refractivity contribution in [2.75, 3.05) is 24.5 Å². The lowest BCUT2D eigenvalue weighted by Gasteiger charge is -2.35. The van der Waals surface area contributed by atoms with Crippen LogP contribution in [-0.2, 0) is 11.9 Å². The summed E-state index contributed by atoms with van der Waals surface area (Å²) in [6.45, 7) is 4.87. The molecule has 9 nitrogen and oxygen atoms in total. The Labute approximate surface area is 276 Å². The smallest absolute Gasteiger partial charge is 0.362 e. The Bertz CT molecular complexity index is 1790. The van der Waals surface area contributed by atoms with Gasteiger partial charge in [0.05, 0.1) is 34.3 Å². The fourth-order valence-corrected chi connectivity index (χ4v) is 7.48. The maximum absolute atomic E-state index is 14.2. The minimum absolute atomic E-state index is 0.0853. The van der Waals surface area contributed by atoms with Crippen LogP contribution in [0.15, 0.2) is 44.9 Å². The second kappa shape index (κ2) is 12.7. The van der Waals surface area contributed by atoms with Gasteiger partial charge in [-0.3, -0.25) is 14.5 Å². The first kappa shape index (κ1) is 32.9. The Morgan fingerprint density at radius 1 is 1.22 bits per heavy atom. The number of rotatable bonds is 7.